The molecule has 252 valence electrons. The van der Waals surface area contributed by atoms with Gasteiger partial charge < -0.3 is 27.1 Å². The van der Waals surface area contributed by atoms with Gasteiger partial charge >= 0.3 is 17.2 Å². The largest absolute Gasteiger partial charge is 0.332 e. The molecule has 4 fully saturated rings. The summed E-state index contributed by atoms with van der Waals surface area (Å²) in [4.78, 5) is 0. The zero-order valence-corrected chi connectivity index (χ0v) is 31.9. The van der Waals surface area contributed by atoms with E-state index in [1.54, 1.807) is 0 Å². The second-order valence-electron chi connectivity index (χ2n) is 19.1. The fourth-order valence-electron chi connectivity index (χ4n) is 7.90. The smallest absolute Gasteiger partial charge is 0.311 e. The average molecular weight is 645 g/mol. The van der Waals surface area contributed by atoms with E-state index in [9.17, 15) is 0 Å². The van der Waals surface area contributed by atoms with E-state index in [0.29, 0.717) is 72.8 Å². The van der Waals surface area contributed by atoms with Gasteiger partial charge in [-0.05, 0) is 82.9 Å². The number of hydrogen-bond donors (Lipinski definition) is 0. The molecule has 2 heterocycles. The molecule has 0 radical (unpaired) electrons. The highest BCUT2D eigenvalue weighted by Crippen LogP contribution is 2.59. The molecule has 0 N–H and O–H groups in total. The summed E-state index contributed by atoms with van der Waals surface area (Å²) in [6.07, 6.45) is 5.03. The van der Waals surface area contributed by atoms with Gasteiger partial charge in [0.1, 0.15) is 0 Å². The maximum absolute atomic E-state index is 6.71. The van der Waals surface area contributed by atoms with Crippen LogP contribution in [-0.2, 0) is 27.1 Å². The highest BCUT2D eigenvalue weighted by molar-refractivity contribution is 7.42. The molecule has 2 aliphatic carbocycles. The first-order chi connectivity index (χ1) is 19.6. The Morgan fingerprint density at radius 2 is 0.791 bits per heavy atom. The van der Waals surface area contributed by atoms with Gasteiger partial charge in [0.15, 0.2) is 0 Å². The minimum Gasteiger partial charge on any atom is -0.311 e. The van der Waals surface area contributed by atoms with Crippen molar-refractivity contribution in [2.75, 3.05) is 26.4 Å². The highest BCUT2D eigenvalue weighted by atomic mass is 31.2. The Morgan fingerprint density at radius 1 is 0.488 bits per heavy atom. The lowest BCUT2D eigenvalue weighted by Crippen LogP contribution is -2.48. The molecular weight excluding hydrogens is 578 g/mol. The van der Waals surface area contributed by atoms with Crippen LogP contribution in [-0.4, -0.2) is 38.6 Å². The second kappa shape index (κ2) is 13.3. The highest BCUT2D eigenvalue weighted by Gasteiger charge is 2.51. The minimum absolute atomic E-state index is 0.144. The second-order valence-corrected chi connectivity index (χ2v) is 21.5. The van der Waals surface area contributed by atoms with Gasteiger partial charge in [0.2, 0.25) is 0 Å². The van der Waals surface area contributed by atoms with Gasteiger partial charge in [-0.2, -0.15) is 0 Å². The SMILES string of the molecule is CC1CC(C(C)(C)C)CC(C(C)(C)C)C1OP1OCC2(CO1)COP(OC1C(C)CC(C(C)(C)C)CC1C(C)(C)C)OC2. The monoisotopic (exact) mass is 644 g/mol. The standard InChI is InChI=1S/C35H66O6P2/c1-23-15-25(31(3,4)5)17-27(33(9,10)11)29(23)40-42-36-19-35(20-37-42)21-38-43(39-22-35)41-30-24(2)16-26(32(6,7)8)18-28(30)34(12,13)14/h23-30H,15-22H2,1-14H3. The minimum atomic E-state index is -1.39. The lowest BCUT2D eigenvalue weighted by Gasteiger charge is -2.51. The molecule has 1 spiro atoms. The van der Waals surface area contributed by atoms with Crippen molar-refractivity contribution in [1.82, 2.24) is 0 Å². The number of rotatable bonds is 4. The van der Waals surface area contributed by atoms with Crippen LogP contribution in [0.3, 0.4) is 0 Å². The van der Waals surface area contributed by atoms with Crippen molar-refractivity contribution in [3.63, 3.8) is 0 Å². The van der Waals surface area contributed by atoms with E-state index in [4.69, 9.17) is 27.1 Å². The lowest BCUT2D eigenvalue weighted by molar-refractivity contribution is -0.108. The fraction of sp³-hybridized carbons (Fsp3) is 1.00. The van der Waals surface area contributed by atoms with Crippen LogP contribution in [0.15, 0.2) is 0 Å². The Bertz CT molecular complexity index is 822. The molecule has 0 amide bonds. The predicted molar refractivity (Wildman–Crippen MR) is 178 cm³/mol. The molecular formula is C35H66O6P2. The van der Waals surface area contributed by atoms with Crippen LogP contribution in [0.25, 0.3) is 0 Å². The first-order valence-corrected chi connectivity index (χ1v) is 19.2. The molecule has 8 atom stereocenters. The molecule has 4 aliphatic rings. The maximum Gasteiger partial charge on any atom is 0.332 e. The summed E-state index contributed by atoms with van der Waals surface area (Å²) < 4.78 is 38.7. The third kappa shape index (κ3) is 8.95. The molecule has 2 aliphatic heterocycles. The molecule has 0 aromatic carbocycles. The Morgan fingerprint density at radius 3 is 1.05 bits per heavy atom. The van der Waals surface area contributed by atoms with E-state index in [1.807, 2.05) is 0 Å². The molecule has 43 heavy (non-hydrogen) atoms. The summed E-state index contributed by atoms with van der Waals surface area (Å²) in [6.45, 7) is 35.3. The van der Waals surface area contributed by atoms with Crippen LogP contribution in [0, 0.1) is 62.6 Å². The van der Waals surface area contributed by atoms with Gasteiger partial charge in [-0.1, -0.05) is 96.9 Å². The zero-order chi connectivity index (χ0) is 32.2. The van der Waals surface area contributed by atoms with Crippen molar-refractivity contribution in [3.8, 4) is 0 Å². The molecule has 0 bridgehead atoms. The zero-order valence-electron chi connectivity index (χ0n) is 30.1. The topological polar surface area (TPSA) is 55.4 Å². The van der Waals surface area contributed by atoms with Crippen molar-refractivity contribution in [2.45, 2.75) is 135 Å². The van der Waals surface area contributed by atoms with Gasteiger partial charge in [0, 0.05) is 0 Å². The summed E-state index contributed by atoms with van der Waals surface area (Å²) >= 11 is 0. The van der Waals surface area contributed by atoms with Crippen molar-refractivity contribution < 1.29 is 27.1 Å². The molecule has 0 aromatic rings. The molecule has 8 heteroatoms. The van der Waals surface area contributed by atoms with Crippen LogP contribution in [0.4, 0.5) is 0 Å². The van der Waals surface area contributed by atoms with Gasteiger partial charge in [-0.3, -0.25) is 0 Å². The van der Waals surface area contributed by atoms with Crippen molar-refractivity contribution in [3.05, 3.63) is 0 Å². The first-order valence-electron chi connectivity index (χ1n) is 17.0. The van der Waals surface area contributed by atoms with Crippen molar-refractivity contribution in [1.29, 1.82) is 0 Å². The predicted octanol–water partition coefficient (Wildman–Crippen LogP) is 10.8. The Labute approximate surface area is 267 Å². The molecule has 2 saturated heterocycles. The van der Waals surface area contributed by atoms with Gasteiger partial charge in [0.25, 0.3) is 0 Å². The Balaban J connectivity index is 1.31. The van der Waals surface area contributed by atoms with E-state index in [1.165, 1.54) is 25.7 Å². The Kier molecular flexibility index (Phi) is 11.2. The molecule has 0 aromatic heterocycles. The van der Waals surface area contributed by atoms with Crippen molar-refractivity contribution in [2.24, 2.45) is 62.6 Å². The molecule has 6 nitrogen and oxygen atoms in total. The Hall–Kier alpha value is 0.620. The lowest BCUT2D eigenvalue weighted by atomic mass is 9.59. The van der Waals surface area contributed by atoms with Gasteiger partial charge in [-0.15, -0.1) is 0 Å². The van der Waals surface area contributed by atoms with Gasteiger partial charge in [0.05, 0.1) is 44.1 Å². The van der Waals surface area contributed by atoms with Gasteiger partial charge in [-0.25, -0.2) is 0 Å². The van der Waals surface area contributed by atoms with E-state index >= 15 is 0 Å². The average Bonchev–Trinajstić information content (AvgIpc) is 2.86. The quantitative estimate of drug-likeness (QED) is 0.284. The van der Waals surface area contributed by atoms with Crippen molar-refractivity contribution >= 4 is 17.2 Å². The van der Waals surface area contributed by atoms with E-state index < -0.39 is 17.2 Å². The van der Waals surface area contributed by atoms with E-state index in [-0.39, 0.29) is 28.5 Å². The van der Waals surface area contributed by atoms with Crippen LogP contribution in [0.2, 0.25) is 0 Å². The van der Waals surface area contributed by atoms with E-state index in [2.05, 4.69) is 96.9 Å². The van der Waals surface area contributed by atoms with Crippen LogP contribution in [0.1, 0.15) is 123 Å². The van der Waals surface area contributed by atoms with E-state index in [0.717, 1.165) is 0 Å². The summed E-state index contributed by atoms with van der Waals surface area (Å²) in [6, 6.07) is 0. The summed E-state index contributed by atoms with van der Waals surface area (Å²) in [7, 11) is -2.78. The van der Waals surface area contributed by atoms with Crippen LogP contribution < -0.4 is 0 Å². The first kappa shape index (κ1) is 36.5. The molecule has 8 unspecified atom stereocenters. The maximum atomic E-state index is 6.71. The molecule has 4 rings (SSSR count). The molecule has 2 saturated carbocycles. The third-order valence-electron chi connectivity index (χ3n) is 11.3. The summed E-state index contributed by atoms with van der Waals surface area (Å²) in [5.41, 5.74) is 0.627. The third-order valence-corrected chi connectivity index (χ3v) is 13.5. The summed E-state index contributed by atoms with van der Waals surface area (Å²) in [5.74, 6) is 3.25. The summed E-state index contributed by atoms with van der Waals surface area (Å²) in [5, 5.41) is 0. The van der Waals surface area contributed by atoms with Crippen LogP contribution in [0.5, 0.6) is 0 Å². The van der Waals surface area contributed by atoms with Crippen LogP contribution >= 0.6 is 17.2 Å². The number of hydrogen-bond acceptors (Lipinski definition) is 6. The fourth-order valence-corrected chi connectivity index (χ4v) is 10.9. The normalized spacial score (nSPS) is 42.3.